The van der Waals surface area contributed by atoms with E-state index >= 15 is 0 Å². The zero-order valence-corrected chi connectivity index (χ0v) is 43.4. The molecule has 11 aromatic rings. The van der Waals surface area contributed by atoms with Gasteiger partial charge in [-0.3, -0.25) is 0 Å². The van der Waals surface area contributed by atoms with Gasteiger partial charge in [0.2, 0.25) is 0 Å². The summed E-state index contributed by atoms with van der Waals surface area (Å²) >= 11 is 0. The summed E-state index contributed by atoms with van der Waals surface area (Å²) in [5.74, 6) is 0. The van der Waals surface area contributed by atoms with Gasteiger partial charge in [-0.2, -0.15) is 0 Å². The van der Waals surface area contributed by atoms with Crippen LogP contribution in [0.25, 0.3) is 16.7 Å². The predicted octanol–water partition coefficient (Wildman–Crippen LogP) is 20.1. The summed E-state index contributed by atoms with van der Waals surface area (Å²) in [4.78, 5) is 9.51. The van der Waals surface area contributed by atoms with Crippen molar-refractivity contribution in [3.63, 3.8) is 0 Å². The van der Waals surface area contributed by atoms with Crippen LogP contribution in [0.4, 0.5) is 62.6 Å². The van der Waals surface area contributed by atoms with Gasteiger partial charge in [-0.15, -0.1) is 0 Å². The Labute approximate surface area is 458 Å². The lowest BCUT2D eigenvalue weighted by molar-refractivity contribution is 0.784. The second-order valence-corrected chi connectivity index (χ2v) is 19.8. The molecule has 2 aliphatic rings. The monoisotopic (exact) mass is 1000 g/mol. The third-order valence-corrected chi connectivity index (χ3v) is 15.4. The number of hydrogen-bond acceptors (Lipinski definition) is 4. The van der Waals surface area contributed by atoms with Crippen LogP contribution in [0.15, 0.2) is 327 Å². The Bertz CT molecular complexity index is 3680. The third kappa shape index (κ3) is 8.28. The topological polar surface area (TPSA) is 13.0 Å². The SMILES string of the molecule is C=C/C(=C\C1=C(C)c2ccc(N(c3ccccc3)c3ccccc3)cc2C12c1cc(N(c3ccccc3)c3ccccc3)ccc1-c1ccc(N(c3ccccc3)c3ccccc3)cc12)N(c1ccccc1)c1ccccc1. The molecule has 78 heavy (non-hydrogen) atoms. The number of fused-ring (bicyclic) bond motifs is 7. The molecular weight excluding hydrogens is 945 g/mol. The Morgan fingerprint density at radius 1 is 0.308 bits per heavy atom. The highest BCUT2D eigenvalue weighted by atomic mass is 15.2. The smallest absolute Gasteiger partial charge is 0.0725 e. The number of rotatable bonds is 14. The molecule has 0 unspecified atom stereocenters. The van der Waals surface area contributed by atoms with Crippen molar-refractivity contribution in [2.24, 2.45) is 0 Å². The molecule has 0 N–H and O–H groups in total. The Hall–Kier alpha value is -10.2. The van der Waals surface area contributed by atoms with Crippen LogP contribution < -0.4 is 19.6 Å². The summed E-state index contributed by atoms with van der Waals surface area (Å²) in [6.45, 7) is 6.94. The molecule has 0 aliphatic heterocycles. The van der Waals surface area contributed by atoms with E-state index < -0.39 is 5.41 Å². The molecule has 13 rings (SSSR count). The summed E-state index contributed by atoms with van der Waals surface area (Å²) in [6, 6.07) is 107. The van der Waals surface area contributed by atoms with Crippen LogP contribution in [-0.2, 0) is 5.41 Å². The fourth-order valence-electron chi connectivity index (χ4n) is 12.0. The van der Waals surface area contributed by atoms with Crippen LogP contribution in [0.3, 0.4) is 0 Å². The van der Waals surface area contributed by atoms with E-state index in [1.54, 1.807) is 0 Å². The number of nitrogens with zero attached hydrogens (tertiary/aromatic N) is 4. The summed E-state index contributed by atoms with van der Waals surface area (Å²) in [7, 11) is 0. The highest BCUT2D eigenvalue weighted by molar-refractivity contribution is 5.99. The van der Waals surface area contributed by atoms with Crippen LogP contribution in [0, 0.1) is 0 Å². The van der Waals surface area contributed by atoms with Gasteiger partial charge in [0.15, 0.2) is 0 Å². The second kappa shape index (κ2) is 20.5. The minimum atomic E-state index is -0.865. The second-order valence-electron chi connectivity index (χ2n) is 19.8. The van der Waals surface area contributed by atoms with Crippen molar-refractivity contribution in [1.82, 2.24) is 0 Å². The Kier molecular flexibility index (Phi) is 12.5. The van der Waals surface area contributed by atoms with Gasteiger partial charge >= 0.3 is 0 Å². The highest BCUT2D eigenvalue weighted by Gasteiger charge is 2.53. The number of benzene rings is 11. The van der Waals surface area contributed by atoms with Gasteiger partial charge in [0, 0.05) is 68.3 Å². The number of para-hydroxylation sites is 8. The lowest BCUT2D eigenvalue weighted by Gasteiger charge is -2.36. The quantitative estimate of drug-likeness (QED) is 0.101. The van der Waals surface area contributed by atoms with Crippen molar-refractivity contribution in [2.75, 3.05) is 19.6 Å². The van der Waals surface area contributed by atoms with Crippen LogP contribution in [0.2, 0.25) is 0 Å². The minimum absolute atomic E-state index is 0.865. The maximum atomic E-state index is 4.61. The van der Waals surface area contributed by atoms with Crippen LogP contribution in [0.1, 0.15) is 29.2 Å². The number of allylic oxidation sites excluding steroid dienone is 4. The van der Waals surface area contributed by atoms with Crippen molar-refractivity contribution in [3.8, 4) is 11.1 Å². The van der Waals surface area contributed by atoms with E-state index in [0.717, 1.165) is 68.3 Å². The molecular formula is C74H56N4. The van der Waals surface area contributed by atoms with Crippen LogP contribution in [0.5, 0.6) is 0 Å². The molecule has 0 saturated heterocycles. The molecule has 11 aromatic carbocycles. The van der Waals surface area contributed by atoms with Crippen LogP contribution in [-0.4, -0.2) is 0 Å². The highest BCUT2D eigenvalue weighted by Crippen LogP contribution is 2.64. The van der Waals surface area contributed by atoms with Crippen molar-refractivity contribution in [2.45, 2.75) is 12.3 Å². The fraction of sp³-hybridized carbons (Fsp3) is 0.0270. The van der Waals surface area contributed by atoms with E-state index in [1.807, 2.05) is 6.08 Å². The summed E-state index contributed by atoms with van der Waals surface area (Å²) in [5, 5.41) is 0. The zero-order chi connectivity index (χ0) is 52.4. The molecule has 0 bridgehead atoms. The summed E-state index contributed by atoms with van der Waals surface area (Å²) in [6.07, 6.45) is 4.46. The van der Waals surface area contributed by atoms with Crippen molar-refractivity contribution >= 4 is 68.1 Å². The molecule has 0 saturated carbocycles. The van der Waals surface area contributed by atoms with E-state index in [0.29, 0.717) is 0 Å². The van der Waals surface area contributed by atoms with Crippen molar-refractivity contribution < 1.29 is 0 Å². The lowest BCUT2D eigenvalue weighted by Crippen LogP contribution is -2.28. The van der Waals surface area contributed by atoms with E-state index in [-0.39, 0.29) is 0 Å². The average Bonchev–Trinajstić information content (AvgIpc) is 3.77. The van der Waals surface area contributed by atoms with E-state index in [1.165, 1.54) is 44.5 Å². The molecule has 0 fully saturated rings. The standard InChI is InChI=1S/C74H56N4/c1-3-55(75(56-28-12-4-13-29-56)57-30-14-5-15-31-57)50-70-54(2)67-47-44-64(76(58-32-16-6-17-33-58)59-34-18-7-19-35-59)51-71(67)74(70)72-52-65(77(60-36-20-8-21-37-60)61-38-22-9-23-39-61)45-48-68(72)69-49-46-66(53-73(69)74)78(62-40-24-10-25-41-62)63-42-26-11-27-43-63/h3-53H,1H2,2H3/b55-50+. The molecule has 0 amide bonds. The maximum absolute atomic E-state index is 4.61. The largest absolute Gasteiger partial charge is 0.311 e. The Balaban J connectivity index is 1.15. The molecule has 0 heterocycles. The first-order valence-electron chi connectivity index (χ1n) is 26.7. The predicted molar refractivity (Wildman–Crippen MR) is 328 cm³/mol. The third-order valence-electron chi connectivity index (χ3n) is 15.4. The van der Waals surface area contributed by atoms with Crippen molar-refractivity contribution in [3.05, 3.63) is 350 Å². The van der Waals surface area contributed by atoms with Crippen molar-refractivity contribution in [1.29, 1.82) is 0 Å². The maximum Gasteiger partial charge on any atom is 0.0725 e. The molecule has 0 atom stereocenters. The zero-order valence-electron chi connectivity index (χ0n) is 43.4. The molecule has 4 nitrogen and oxygen atoms in total. The Morgan fingerprint density at radius 2 is 0.564 bits per heavy atom. The van der Waals surface area contributed by atoms with Crippen LogP contribution >= 0.6 is 0 Å². The first kappa shape index (κ1) is 47.5. The number of anilines is 11. The summed E-state index contributed by atoms with van der Waals surface area (Å²) < 4.78 is 0. The molecule has 372 valence electrons. The Morgan fingerprint density at radius 3 is 0.846 bits per heavy atom. The average molecular weight is 1000 g/mol. The van der Waals surface area contributed by atoms with Gasteiger partial charge in [0.05, 0.1) is 5.41 Å². The van der Waals surface area contributed by atoms with E-state index in [2.05, 4.69) is 336 Å². The van der Waals surface area contributed by atoms with Gasteiger partial charge in [0.1, 0.15) is 0 Å². The van der Waals surface area contributed by atoms with Gasteiger partial charge in [-0.25, -0.2) is 0 Å². The van der Waals surface area contributed by atoms with Gasteiger partial charge in [-0.05, 0) is 197 Å². The van der Waals surface area contributed by atoms with Gasteiger partial charge < -0.3 is 19.6 Å². The van der Waals surface area contributed by atoms with Gasteiger partial charge in [0.25, 0.3) is 0 Å². The molecule has 2 aliphatic carbocycles. The van der Waals surface area contributed by atoms with Gasteiger partial charge in [-0.1, -0.05) is 170 Å². The first-order chi connectivity index (χ1) is 38.6. The number of hydrogen-bond donors (Lipinski definition) is 0. The minimum Gasteiger partial charge on any atom is -0.311 e. The molecule has 4 heteroatoms. The normalized spacial score (nSPS) is 12.9. The first-order valence-corrected chi connectivity index (χ1v) is 26.7. The van der Waals surface area contributed by atoms with E-state index in [9.17, 15) is 0 Å². The fourth-order valence-corrected chi connectivity index (χ4v) is 12.0. The summed E-state index contributed by atoms with van der Waals surface area (Å²) in [5.41, 5.74) is 21.4. The molecule has 1 spiro atoms. The lowest BCUT2D eigenvalue weighted by atomic mass is 9.69. The van der Waals surface area contributed by atoms with E-state index in [4.69, 9.17) is 0 Å². The molecule has 0 radical (unpaired) electrons. The molecule has 0 aromatic heterocycles.